The van der Waals surface area contributed by atoms with Crippen molar-refractivity contribution in [3.05, 3.63) is 102 Å². The molecule has 2 amide bonds. The van der Waals surface area contributed by atoms with Crippen LogP contribution in [0.5, 0.6) is 0 Å². The van der Waals surface area contributed by atoms with Crippen LogP contribution in [0.15, 0.2) is 95.0 Å². The second kappa shape index (κ2) is 9.47. The minimum Gasteiger partial charge on any atom is -0.361 e. The number of aromatic amines is 1. The van der Waals surface area contributed by atoms with Gasteiger partial charge in [-0.15, -0.1) is 0 Å². The number of aliphatic imine (C=N–C) groups is 2. The van der Waals surface area contributed by atoms with Crippen molar-refractivity contribution in [2.75, 3.05) is 5.75 Å². The SMILES string of the molecule is O=C(CSC1=Nc2ccccc2C2=NC(Cc3c[nH]c4ccccc34)C(=O)N12)NCc1ccccc1. The number of rotatable bonds is 6. The number of para-hydroxylation sites is 2. The standard InChI is InChI=1S/C28H23N5O2S/c34-25(30-15-18-8-2-1-3-9-18)17-36-28-32-23-13-7-5-11-21(23)26-31-24(27(35)33(26)28)14-19-16-29-22-12-6-4-10-20(19)22/h1-13,16,24,29H,14-15,17H2,(H,30,34). The Labute approximate surface area is 212 Å². The van der Waals surface area contributed by atoms with E-state index in [2.05, 4.69) is 10.3 Å². The third kappa shape index (κ3) is 4.20. The van der Waals surface area contributed by atoms with Gasteiger partial charge in [0, 0.05) is 35.6 Å². The summed E-state index contributed by atoms with van der Waals surface area (Å²) in [6.45, 7) is 0.456. The molecule has 0 spiro atoms. The highest BCUT2D eigenvalue weighted by molar-refractivity contribution is 8.14. The molecule has 6 rings (SSSR count). The van der Waals surface area contributed by atoms with E-state index in [0.717, 1.165) is 33.3 Å². The van der Waals surface area contributed by atoms with Crippen LogP contribution in [-0.2, 0) is 22.6 Å². The molecule has 2 aliphatic heterocycles. The van der Waals surface area contributed by atoms with Crippen molar-refractivity contribution in [1.82, 2.24) is 15.2 Å². The van der Waals surface area contributed by atoms with Gasteiger partial charge in [-0.2, -0.15) is 0 Å². The van der Waals surface area contributed by atoms with Crippen molar-refractivity contribution in [3.8, 4) is 0 Å². The molecule has 8 heteroatoms. The molecule has 36 heavy (non-hydrogen) atoms. The zero-order valence-electron chi connectivity index (χ0n) is 19.3. The van der Waals surface area contributed by atoms with E-state index in [0.29, 0.717) is 24.0 Å². The minimum atomic E-state index is -0.553. The van der Waals surface area contributed by atoms with Gasteiger partial charge in [-0.1, -0.05) is 72.4 Å². The van der Waals surface area contributed by atoms with Gasteiger partial charge >= 0.3 is 0 Å². The van der Waals surface area contributed by atoms with Gasteiger partial charge in [-0.05, 0) is 29.3 Å². The van der Waals surface area contributed by atoms with Crippen molar-refractivity contribution in [2.24, 2.45) is 9.98 Å². The molecule has 7 nitrogen and oxygen atoms in total. The number of H-pyrrole nitrogens is 1. The van der Waals surface area contributed by atoms with E-state index in [4.69, 9.17) is 9.98 Å². The number of benzene rings is 3. The minimum absolute atomic E-state index is 0.120. The fourth-order valence-corrected chi connectivity index (χ4v) is 5.35. The van der Waals surface area contributed by atoms with Crippen molar-refractivity contribution in [3.63, 3.8) is 0 Å². The lowest BCUT2D eigenvalue weighted by Gasteiger charge is -2.25. The monoisotopic (exact) mass is 493 g/mol. The Bertz CT molecular complexity index is 1530. The van der Waals surface area contributed by atoms with Crippen LogP contribution in [0.2, 0.25) is 0 Å². The van der Waals surface area contributed by atoms with Gasteiger partial charge in [0.1, 0.15) is 11.9 Å². The number of amidine groups is 2. The average Bonchev–Trinajstić information content (AvgIpc) is 3.48. The van der Waals surface area contributed by atoms with Gasteiger partial charge in [0.2, 0.25) is 5.91 Å². The third-order valence-corrected chi connectivity index (χ3v) is 7.24. The van der Waals surface area contributed by atoms with Crippen LogP contribution in [0.25, 0.3) is 10.9 Å². The normalized spacial score (nSPS) is 16.4. The van der Waals surface area contributed by atoms with E-state index in [-0.39, 0.29) is 17.6 Å². The molecule has 3 aromatic carbocycles. The Kier molecular flexibility index (Phi) is 5.87. The molecule has 3 heterocycles. The maximum absolute atomic E-state index is 13.6. The zero-order valence-corrected chi connectivity index (χ0v) is 20.2. The van der Waals surface area contributed by atoms with Crippen molar-refractivity contribution < 1.29 is 9.59 Å². The van der Waals surface area contributed by atoms with Crippen LogP contribution >= 0.6 is 11.8 Å². The summed E-state index contributed by atoms with van der Waals surface area (Å²) >= 11 is 1.25. The molecule has 1 aromatic heterocycles. The van der Waals surface area contributed by atoms with Crippen molar-refractivity contribution in [1.29, 1.82) is 0 Å². The predicted octanol–water partition coefficient (Wildman–Crippen LogP) is 4.42. The van der Waals surface area contributed by atoms with Crippen LogP contribution in [0.4, 0.5) is 5.69 Å². The highest BCUT2D eigenvalue weighted by Crippen LogP contribution is 2.34. The molecule has 2 aliphatic rings. The number of thioether (sulfide) groups is 1. The summed E-state index contributed by atoms with van der Waals surface area (Å²) in [5.41, 5.74) is 4.69. The molecular formula is C28H23N5O2S. The summed E-state index contributed by atoms with van der Waals surface area (Å²) < 4.78 is 0. The summed E-state index contributed by atoms with van der Waals surface area (Å²) in [6, 6.07) is 24.9. The number of aromatic nitrogens is 1. The number of carbonyl (C=O) groups is 2. The van der Waals surface area contributed by atoms with Gasteiger partial charge in [0.05, 0.1) is 11.4 Å². The van der Waals surface area contributed by atoms with Gasteiger partial charge in [-0.3, -0.25) is 14.6 Å². The van der Waals surface area contributed by atoms with E-state index in [1.807, 2.05) is 85.1 Å². The molecule has 0 bridgehead atoms. The Balaban J connectivity index is 1.22. The first-order valence-electron chi connectivity index (χ1n) is 11.8. The molecule has 178 valence electrons. The van der Waals surface area contributed by atoms with Crippen molar-refractivity contribution in [2.45, 2.75) is 19.0 Å². The molecule has 1 unspecified atom stereocenters. The van der Waals surface area contributed by atoms with E-state index < -0.39 is 6.04 Å². The first kappa shape index (κ1) is 22.3. The number of hydrogen-bond acceptors (Lipinski definition) is 5. The molecule has 2 N–H and O–H groups in total. The maximum Gasteiger partial charge on any atom is 0.259 e. The van der Waals surface area contributed by atoms with Crippen LogP contribution < -0.4 is 5.32 Å². The smallest absolute Gasteiger partial charge is 0.259 e. The summed E-state index contributed by atoms with van der Waals surface area (Å²) in [5.74, 6) is 0.507. The Morgan fingerprint density at radius 2 is 1.78 bits per heavy atom. The van der Waals surface area contributed by atoms with Crippen LogP contribution in [0, 0.1) is 0 Å². The summed E-state index contributed by atoms with van der Waals surface area (Å²) in [6.07, 6.45) is 2.44. The predicted molar refractivity (Wildman–Crippen MR) is 143 cm³/mol. The first-order valence-corrected chi connectivity index (χ1v) is 12.7. The number of nitrogens with one attached hydrogen (secondary N) is 2. The number of fused-ring (bicyclic) bond motifs is 4. The van der Waals surface area contributed by atoms with Crippen LogP contribution in [-0.4, -0.2) is 44.5 Å². The molecule has 0 saturated carbocycles. The largest absolute Gasteiger partial charge is 0.361 e. The second-order valence-corrected chi connectivity index (χ2v) is 9.61. The van der Waals surface area contributed by atoms with Crippen LogP contribution in [0.1, 0.15) is 16.7 Å². The lowest BCUT2D eigenvalue weighted by molar-refractivity contribution is -0.124. The number of hydrogen-bond donors (Lipinski definition) is 2. The fourth-order valence-electron chi connectivity index (χ4n) is 4.52. The van der Waals surface area contributed by atoms with E-state index in [1.54, 1.807) is 4.90 Å². The quantitative estimate of drug-likeness (QED) is 0.417. The molecule has 0 radical (unpaired) electrons. The molecule has 0 fully saturated rings. The van der Waals surface area contributed by atoms with Crippen molar-refractivity contribution >= 4 is 51.2 Å². The maximum atomic E-state index is 13.6. The van der Waals surface area contributed by atoms with E-state index in [1.165, 1.54) is 11.8 Å². The number of carbonyl (C=O) groups excluding carboxylic acids is 2. The average molecular weight is 494 g/mol. The Hall–Kier alpha value is -4.17. The highest BCUT2D eigenvalue weighted by Gasteiger charge is 2.41. The van der Waals surface area contributed by atoms with Gasteiger partial charge in [0.25, 0.3) is 5.91 Å². The van der Waals surface area contributed by atoms with E-state index in [9.17, 15) is 9.59 Å². The Morgan fingerprint density at radius 3 is 2.67 bits per heavy atom. The molecule has 0 aliphatic carbocycles. The van der Waals surface area contributed by atoms with Gasteiger partial charge in [0.15, 0.2) is 5.17 Å². The number of nitrogens with zero attached hydrogens (tertiary/aromatic N) is 3. The highest BCUT2D eigenvalue weighted by atomic mass is 32.2. The number of amides is 2. The molecule has 0 saturated heterocycles. The lowest BCUT2D eigenvalue weighted by Crippen LogP contribution is -2.42. The molecule has 1 atom stereocenters. The van der Waals surface area contributed by atoms with Gasteiger partial charge in [-0.25, -0.2) is 9.89 Å². The third-order valence-electron chi connectivity index (χ3n) is 6.30. The second-order valence-electron chi connectivity index (χ2n) is 8.67. The summed E-state index contributed by atoms with van der Waals surface area (Å²) in [5, 5.41) is 4.50. The molecular weight excluding hydrogens is 470 g/mol. The Morgan fingerprint density at radius 1 is 1.00 bits per heavy atom. The van der Waals surface area contributed by atoms with Gasteiger partial charge < -0.3 is 10.3 Å². The molecule has 4 aromatic rings. The summed E-state index contributed by atoms with van der Waals surface area (Å²) in [7, 11) is 0. The fraction of sp³-hybridized carbons (Fsp3) is 0.143. The zero-order chi connectivity index (χ0) is 24.5. The van der Waals surface area contributed by atoms with E-state index >= 15 is 0 Å². The van der Waals surface area contributed by atoms with Crippen LogP contribution in [0.3, 0.4) is 0 Å². The topological polar surface area (TPSA) is 89.9 Å². The first-order chi connectivity index (χ1) is 17.7. The lowest BCUT2D eigenvalue weighted by atomic mass is 10.1. The summed E-state index contributed by atoms with van der Waals surface area (Å²) in [4.78, 5) is 40.6.